The zero-order chi connectivity index (χ0) is 13.5. The van der Waals surface area contributed by atoms with Gasteiger partial charge < -0.3 is 5.32 Å². The van der Waals surface area contributed by atoms with E-state index in [0.717, 1.165) is 16.6 Å². The Bertz CT molecular complexity index is 459. The lowest BCUT2D eigenvalue weighted by molar-refractivity contribution is 0.366. The number of nitrogens with one attached hydrogen (secondary N) is 1. The third-order valence-electron chi connectivity index (χ3n) is 3.71. The van der Waals surface area contributed by atoms with Crippen LogP contribution >= 0.6 is 39.1 Å². The van der Waals surface area contributed by atoms with E-state index in [1.165, 1.54) is 6.42 Å². The highest BCUT2D eigenvalue weighted by Crippen LogP contribution is 2.43. The molecule has 18 heavy (non-hydrogen) atoms. The van der Waals surface area contributed by atoms with Gasteiger partial charge >= 0.3 is 0 Å². The van der Waals surface area contributed by atoms with E-state index >= 15 is 0 Å². The molecular weight excluding hydrogens is 333 g/mol. The zero-order valence-corrected chi connectivity index (χ0v) is 14.0. The van der Waals surface area contributed by atoms with Crippen LogP contribution in [-0.4, -0.2) is 6.04 Å². The summed E-state index contributed by atoms with van der Waals surface area (Å²) in [5.74, 6) is 0.651. The molecule has 2 unspecified atom stereocenters. The van der Waals surface area contributed by atoms with Crippen molar-refractivity contribution < 1.29 is 0 Å². The molecule has 0 spiro atoms. The molecule has 0 heterocycles. The molecule has 2 atom stereocenters. The van der Waals surface area contributed by atoms with Crippen molar-refractivity contribution in [1.29, 1.82) is 0 Å². The average molecular weight is 351 g/mol. The van der Waals surface area contributed by atoms with Crippen LogP contribution in [0.15, 0.2) is 16.6 Å². The van der Waals surface area contributed by atoms with Crippen molar-refractivity contribution in [3.05, 3.63) is 26.7 Å². The number of halogens is 3. The van der Waals surface area contributed by atoms with Crippen LogP contribution in [-0.2, 0) is 0 Å². The van der Waals surface area contributed by atoms with E-state index in [0.29, 0.717) is 27.4 Å². The van der Waals surface area contributed by atoms with Gasteiger partial charge in [-0.25, -0.2) is 0 Å². The summed E-state index contributed by atoms with van der Waals surface area (Å²) in [6, 6.07) is 4.38. The Morgan fingerprint density at radius 2 is 1.89 bits per heavy atom. The quantitative estimate of drug-likeness (QED) is 0.645. The Hall–Kier alpha value is 0.0800. The van der Waals surface area contributed by atoms with Gasteiger partial charge in [-0.15, -0.1) is 0 Å². The molecule has 1 aromatic carbocycles. The molecule has 1 fully saturated rings. The molecule has 1 aliphatic rings. The van der Waals surface area contributed by atoms with Crippen LogP contribution in [0.25, 0.3) is 0 Å². The molecule has 1 aromatic rings. The fourth-order valence-corrected chi connectivity index (χ4v) is 3.75. The predicted octanol–water partition coefficient (Wildman–Crippen LogP) is 5.99. The highest BCUT2D eigenvalue weighted by Gasteiger charge is 2.36. The third kappa shape index (κ3) is 2.97. The van der Waals surface area contributed by atoms with Crippen molar-refractivity contribution in [2.45, 2.75) is 39.7 Å². The summed E-state index contributed by atoms with van der Waals surface area (Å²) in [7, 11) is 0. The summed E-state index contributed by atoms with van der Waals surface area (Å²) >= 11 is 15.8. The van der Waals surface area contributed by atoms with E-state index in [1.54, 1.807) is 0 Å². The minimum atomic E-state index is 0.405. The molecule has 0 bridgehead atoms. The van der Waals surface area contributed by atoms with Crippen LogP contribution < -0.4 is 5.32 Å². The van der Waals surface area contributed by atoms with Gasteiger partial charge in [0.15, 0.2) is 0 Å². The summed E-state index contributed by atoms with van der Waals surface area (Å²) in [5, 5.41) is 4.72. The first-order valence-electron chi connectivity index (χ1n) is 6.20. The molecule has 1 nitrogen and oxygen atoms in total. The molecular formula is C14H18BrCl2N. The minimum Gasteiger partial charge on any atom is -0.381 e. The van der Waals surface area contributed by atoms with Gasteiger partial charge in [-0.1, -0.05) is 44.0 Å². The monoisotopic (exact) mass is 349 g/mol. The topological polar surface area (TPSA) is 12.0 Å². The molecule has 0 radical (unpaired) electrons. The van der Waals surface area contributed by atoms with E-state index in [2.05, 4.69) is 42.0 Å². The van der Waals surface area contributed by atoms with Gasteiger partial charge in [-0.05, 0) is 52.2 Å². The largest absolute Gasteiger partial charge is 0.381 e. The van der Waals surface area contributed by atoms with Crippen LogP contribution in [0.1, 0.15) is 33.6 Å². The van der Waals surface area contributed by atoms with E-state index in [-0.39, 0.29) is 0 Å². The standard InChI is InChI=1S/C14H18BrCl2N/c1-8-6-14(2,3)7-11(8)18-10-5-4-9(15)12(16)13(10)17/h4-5,8,11,18H,6-7H2,1-3H3. The third-order valence-corrected chi connectivity index (χ3v) is 5.48. The fourth-order valence-electron chi connectivity index (χ4n) is 2.92. The number of hydrogen-bond donors (Lipinski definition) is 1. The molecule has 1 N–H and O–H groups in total. The highest BCUT2D eigenvalue weighted by molar-refractivity contribution is 9.10. The molecule has 4 heteroatoms. The van der Waals surface area contributed by atoms with E-state index in [9.17, 15) is 0 Å². The Labute approximate surface area is 127 Å². The first-order valence-corrected chi connectivity index (χ1v) is 7.75. The van der Waals surface area contributed by atoms with Crippen LogP contribution in [0.4, 0.5) is 5.69 Å². The van der Waals surface area contributed by atoms with Crippen molar-refractivity contribution in [2.24, 2.45) is 11.3 Å². The summed E-state index contributed by atoms with van der Waals surface area (Å²) in [6.07, 6.45) is 2.41. The number of rotatable bonds is 2. The molecule has 0 aromatic heterocycles. The van der Waals surface area contributed by atoms with Crippen molar-refractivity contribution in [1.82, 2.24) is 0 Å². The van der Waals surface area contributed by atoms with Gasteiger partial charge in [0.1, 0.15) is 0 Å². The van der Waals surface area contributed by atoms with Crippen LogP contribution in [0.3, 0.4) is 0 Å². The molecule has 1 saturated carbocycles. The maximum absolute atomic E-state index is 6.27. The second kappa shape index (κ2) is 5.22. The van der Waals surface area contributed by atoms with Crippen molar-refractivity contribution in [2.75, 3.05) is 5.32 Å². The van der Waals surface area contributed by atoms with E-state index in [4.69, 9.17) is 23.2 Å². The molecule has 0 aliphatic heterocycles. The fraction of sp³-hybridized carbons (Fsp3) is 0.571. The van der Waals surface area contributed by atoms with E-state index in [1.807, 2.05) is 12.1 Å². The first-order chi connectivity index (χ1) is 8.30. The lowest BCUT2D eigenvalue weighted by Gasteiger charge is -2.21. The van der Waals surface area contributed by atoms with Crippen LogP contribution in [0.5, 0.6) is 0 Å². The Kier molecular flexibility index (Phi) is 4.20. The second-order valence-electron chi connectivity index (χ2n) is 6.02. The second-order valence-corrected chi connectivity index (χ2v) is 7.63. The lowest BCUT2D eigenvalue weighted by Crippen LogP contribution is -2.22. The number of anilines is 1. The SMILES string of the molecule is CC1CC(C)(C)CC1Nc1ccc(Br)c(Cl)c1Cl. The molecule has 1 aliphatic carbocycles. The summed E-state index contributed by atoms with van der Waals surface area (Å²) in [5.41, 5.74) is 1.34. The van der Waals surface area contributed by atoms with Gasteiger partial charge in [0.2, 0.25) is 0 Å². The predicted molar refractivity (Wildman–Crippen MR) is 83.8 cm³/mol. The zero-order valence-electron chi connectivity index (χ0n) is 10.9. The highest BCUT2D eigenvalue weighted by atomic mass is 79.9. The van der Waals surface area contributed by atoms with Gasteiger partial charge in [0.25, 0.3) is 0 Å². The first kappa shape index (κ1) is 14.5. The minimum absolute atomic E-state index is 0.405. The summed E-state index contributed by atoms with van der Waals surface area (Å²) in [6.45, 7) is 6.93. The van der Waals surface area contributed by atoms with Crippen LogP contribution in [0.2, 0.25) is 10.0 Å². The van der Waals surface area contributed by atoms with Gasteiger partial charge in [0, 0.05) is 10.5 Å². The summed E-state index contributed by atoms with van der Waals surface area (Å²) in [4.78, 5) is 0. The maximum atomic E-state index is 6.27. The smallest absolute Gasteiger partial charge is 0.0835 e. The van der Waals surface area contributed by atoms with Crippen molar-refractivity contribution >= 4 is 44.8 Å². The Morgan fingerprint density at radius 3 is 2.44 bits per heavy atom. The van der Waals surface area contributed by atoms with Crippen LogP contribution in [0, 0.1) is 11.3 Å². The van der Waals surface area contributed by atoms with Crippen molar-refractivity contribution in [3.63, 3.8) is 0 Å². The van der Waals surface area contributed by atoms with E-state index < -0.39 is 0 Å². The molecule has 2 rings (SSSR count). The average Bonchev–Trinajstić information content (AvgIpc) is 2.53. The van der Waals surface area contributed by atoms with Gasteiger partial charge in [0.05, 0.1) is 15.7 Å². The normalized spacial score (nSPS) is 26.3. The molecule has 0 amide bonds. The number of benzene rings is 1. The lowest BCUT2D eigenvalue weighted by atomic mass is 9.91. The number of hydrogen-bond acceptors (Lipinski definition) is 1. The van der Waals surface area contributed by atoms with Gasteiger partial charge in [-0.2, -0.15) is 0 Å². The van der Waals surface area contributed by atoms with Gasteiger partial charge in [-0.3, -0.25) is 0 Å². The molecule has 100 valence electrons. The summed E-state index contributed by atoms with van der Waals surface area (Å²) < 4.78 is 0.833. The maximum Gasteiger partial charge on any atom is 0.0835 e. The Morgan fingerprint density at radius 1 is 1.22 bits per heavy atom. The van der Waals surface area contributed by atoms with Crippen molar-refractivity contribution in [3.8, 4) is 0 Å². The Balaban J connectivity index is 2.18. The molecule has 0 saturated heterocycles.